The monoisotopic (exact) mass is 108 g/mol. The van der Waals surface area contributed by atoms with E-state index in [4.69, 9.17) is 10.8 Å². The third kappa shape index (κ3) is 1.51. The first-order valence-electron chi connectivity index (χ1n) is 2.14. The van der Waals surface area contributed by atoms with Crippen LogP contribution < -0.4 is 0 Å². The summed E-state index contributed by atoms with van der Waals surface area (Å²) in [5.41, 5.74) is 0.222. The summed E-state index contributed by atoms with van der Waals surface area (Å²) in [4.78, 5) is 0. The first-order valence-corrected chi connectivity index (χ1v) is 2.14. The topological polar surface area (TPSA) is 47.7 Å². The molecule has 0 saturated carbocycles. The minimum absolute atomic E-state index is 0.111. The number of rotatable bonds is 3. The molecule has 0 bridgehead atoms. The predicted octanol–water partition coefficient (Wildman–Crippen LogP) is 1.40. The van der Waals surface area contributed by atoms with Gasteiger partial charge in [-0.3, -0.25) is 10.8 Å². The molecule has 0 aromatic heterocycles. The van der Waals surface area contributed by atoms with Gasteiger partial charge in [0, 0.05) is 0 Å². The minimum atomic E-state index is 0.111. The van der Waals surface area contributed by atoms with Gasteiger partial charge in [0.25, 0.3) is 0 Å². The van der Waals surface area contributed by atoms with Crippen molar-refractivity contribution in [2.45, 2.75) is 0 Å². The van der Waals surface area contributed by atoms with Gasteiger partial charge in [0.05, 0.1) is 11.4 Å². The van der Waals surface area contributed by atoms with Gasteiger partial charge in [-0.25, -0.2) is 0 Å². The lowest BCUT2D eigenvalue weighted by Crippen LogP contribution is -2.03. The van der Waals surface area contributed by atoms with Crippen molar-refractivity contribution >= 4 is 11.4 Å². The Morgan fingerprint density at radius 2 is 1.25 bits per heavy atom. The van der Waals surface area contributed by atoms with E-state index in [1.807, 2.05) is 0 Å². The molecular weight excluding hydrogens is 100 g/mol. The fraction of sp³-hybridized carbons (Fsp3) is 0. The maximum Gasteiger partial charge on any atom is 0.0783 e. The van der Waals surface area contributed by atoms with Gasteiger partial charge >= 0.3 is 0 Å². The Morgan fingerprint density at radius 3 is 1.38 bits per heavy atom. The van der Waals surface area contributed by atoms with Crippen LogP contribution >= 0.6 is 0 Å². The van der Waals surface area contributed by atoms with E-state index in [9.17, 15) is 0 Å². The van der Waals surface area contributed by atoms with Gasteiger partial charge < -0.3 is 0 Å². The highest BCUT2D eigenvalue weighted by atomic mass is 14.5. The van der Waals surface area contributed by atoms with Crippen molar-refractivity contribution in [3.63, 3.8) is 0 Å². The van der Waals surface area contributed by atoms with E-state index in [0.29, 0.717) is 0 Å². The van der Waals surface area contributed by atoms with Gasteiger partial charge in [-0.1, -0.05) is 13.2 Å². The van der Waals surface area contributed by atoms with E-state index < -0.39 is 0 Å². The van der Waals surface area contributed by atoms with E-state index in [1.54, 1.807) is 0 Å². The predicted molar refractivity (Wildman–Crippen MR) is 35.8 cm³/mol. The smallest absolute Gasteiger partial charge is 0.0783 e. The molecule has 0 aliphatic carbocycles. The number of hydrogen-bond donors (Lipinski definition) is 2. The molecule has 0 aliphatic rings. The summed E-state index contributed by atoms with van der Waals surface area (Å²) in [7, 11) is 0. The summed E-state index contributed by atoms with van der Waals surface area (Å²) < 4.78 is 0. The quantitative estimate of drug-likeness (QED) is 0.513. The van der Waals surface area contributed by atoms with Crippen LogP contribution in [-0.2, 0) is 0 Å². The molecule has 0 amide bonds. The zero-order valence-corrected chi connectivity index (χ0v) is 4.57. The Kier molecular flexibility index (Phi) is 2.48. The van der Waals surface area contributed by atoms with Gasteiger partial charge in [0.15, 0.2) is 0 Å². The summed E-state index contributed by atoms with van der Waals surface area (Å²) in [6.45, 7) is 6.63. The lowest BCUT2D eigenvalue weighted by atomic mass is 10.2. The first kappa shape index (κ1) is 6.82. The molecule has 0 saturated heterocycles. The summed E-state index contributed by atoms with van der Waals surface area (Å²) in [5.74, 6) is 0. The number of nitrogens with one attached hydrogen (secondary N) is 2. The van der Waals surface area contributed by atoms with Crippen LogP contribution in [-0.4, -0.2) is 11.4 Å². The molecule has 0 aromatic rings. The van der Waals surface area contributed by atoms with Gasteiger partial charge in [-0.05, 0) is 12.2 Å². The van der Waals surface area contributed by atoms with Crippen molar-refractivity contribution in [3.05, 3.63) is 25.3 Å². The van der Waals surface area contributed by atoms with Crippen molar-refractivity contribution < 1.29 is 0 Å². The van der Waals surface area contributed by atoms with Crippen LogP contribution in [0.5, 0.6) is 0 Å². The van der Waals surface area contributed by atoms with Crippen molar-refractivity contribution in [1.29, 1.82) is 10.8 Å². The maximum absolute atomic E-state index is 6.93. The van der Waals surface area contributed by atoms with Gasteiger partial charge in [0.2, 0.25) is 0 Å². The molecule has 2 N–H and O–H groups in total. The third-order valence-electron chi connectivity index (χ3n) is 0.698. The number of allylic oxidation sites excluding steroid dienone is 2. The first-order chi connectivity index (χ1) is 3.72. The summed E-state index contributed by atoms with van der Waals surface area (Å²) in [5, 5.41) is 13.9. The van der Waals surface area contributed by atoms with E-state index in [2.05, 4.69) is 13.2 Å². The summed E-state index contributed by atoms with van der Waals surface area (Å²) in [6.07, 6.45) is 2.62. The molecule has 0 rings (SSSR count). The average molecular weight is 108 g/mol. The third-order valence-corrected chi connectivity index (χ3v) is 0.698. The molecule has 8 heavy (non-hydrogen) atoms. The molecule has 0 fully saturated rings. The van der Waals surface area contributed by atoms with Crippen LogP contribution in [0.2, 0.25) is 0 Å². The van der Waals surface area contributed by atoms with Crippen molar-refractivity contribution in [2.75, 3.05) is 0 Å². The van der Waals surface area contributed by atoms with Crippen LogP contribution in [0.4, 0.5) is 0 Å². The summed E-state index contributed by atoms with van der Waals surface area (Å²) in [6, 6.07) is 0. The lowest BCUT2D eigenvalue weighted by molar-refractivity contribution is 1.50. The average Bonchev–Trinajstić information content (AvgIpc) is 1.84. The van der Waals surface area contributed by atoms with E-state index in [0.717, 1.165) is 0 Å². The Morgan fingerprint density at radius 1 is 1.00 bits per heavy atom. The van der Waals surface area contributed by atoms with Crippen LogP contribution in [0, 0.1) is 10.8 Å². The highest BCUT2D eigenvalue weighted by Crippen LogP contribution is 1.78. The summed E-state index contributed by atoms with van der Waals surface area (Å²) >= 11 is 0. The molecule has 0 radical (unpaired) electrons. The standard InChI is InChI=1S/C6H8N2/c1-3-5(7)6(8)4-2/h3-4,7-8H,1-2H2. The lowest BCUT2D eigenvalue weighted by Gasteiger charge is -1.88. The molecule has 0 unspecified atom stereocenters. The highest BCUT2D eigenvalue weighted by Gasteiger charge is 1.90. The van der Waals surface area contributed by atoms with Crippen molar-refractivity contribution in [3.8, 4) is 0 Å². The largest absolute Gasteiger partial charge is 0.299 e. The Hall–Kier alpha value is -1.18. The maximum atomic E-state index is 6.93. The van der Waals surface area contributed by atoms with E-state index in [1.165, 1.54) is 12.2 Å². The Labute approximate surface area is 48.6 Å². The van der Waals surface area contributed by atoms with Crippen LogP contribution in [0.3, 0.4) is 0 Å². The molecule has 0 aromatic carbocycles. The Balaban J connectivity index is 4.02. The second kappa shape index (κ2) is 2.91. The van der Waals surface area contributed by atoms with Crippen molar-refractivity contribution in [2.24, 2.45) is 0 Å². The molecule has 2 nitrogen and oxygen atoms in total. The van der Waals surface area contributed by atoms with Gasteiger partial charge in [0.1, 0.15) is 0 Å². The van der Waals surface area contributed by atoms with Crippen LogP contribution in [0.15, 0.2) is 25.3 Å². The molecule has 0 atom stereocenters. The molecule has 0 aliphatic heterocycles. The fourth-order valence-electron chi connectivity index (χ4n) is 0.220. The second-order valence-electron chi connectivity index (χ2n) is 1.24. The zero-order chi connectivity index (χ0) is 6.57. The van der Waals surface area contributed by atoms with Gasteiger partial charge in [-0.15, -0.1) is 0 Å². The molecule has 42 valence electrons. The molecule has 0 heterocycles. The Bertz CT molecular complexity index is 127. The normalized spacial score (nSPS) is 7.50. The second-order valence-corrected chi connectivity index (χ2v) is 1.24. The number of hydrogen-bond acceptors (Lipinski definition) is 2. The van der Waals surface area contributed by atoms with Crippen LogP contribution in [0.1, 0.15) is 0 Å². The van der Waals surface area contributed by atoms with E-state index in [-0.39, 0.29) is 11.4 Å². The molecular formula is C6H8N2. The highest BCUT2D eigenvalue weighted by molar-refractivity contribution is 6.47. The van der Waals surface area contributed by atoms with Crippen molar-refractivity contribution in [1.82, 2.24) is 0 Å². The minimum Gasteiger partial charge on any atom is -0.299 e. The van der Waals surface area contributed by atoms with Crippen LogP contribution in [0.25, 0.3) is 0 Å². The zero-order valence-electron chi connectivity index (χ0n) is 4.57. The van der Waals surface area contributed by atoms with E-state index >= 15 is 0 Å². The fourth-order valence-corrected chi connectivity index (χ4v) is 0.220. The SMILES string of the molecule is C=CC(=N)C(=N)C=C. The van der Waals surface area contributed by atoms with Gasteiger partial charge in [-0.2, -0.15) is 0 Å². The molecule has 2 heteroatoms. The molecule has 0 spiro atoms.